The minimum Gasteiger partial charge on any atom is -0.325 e. The fourth-order valence-electron chi connectivity index (χ4n) is 2.59. The summed E-state index contributed by atoms with van der Waals surface area (Å²) in [4.78, 5) is 12.3. The number of amides is 1. The van der Waals surface area contributed by atoms with Crippen LogP contribution in [0.1, 0.15) is 11.1 Å². The Bertz CT molecular complexity index is 1040. The fourth-order valence-corrected chi connectivity index (χ4v) is 2.78. The Hall–Kier alpha value is -2.94. The number of hydrogen-bond acceptors (Lipinski definition) is 3. The van der Waals surface area contributed by atoms with Crippen LogP contribution in [0.2, 0.25) is 0 Å². The van der Waals surface area contributed by atoms with Gasteiger partial charge in [0.05, 0.1) is 5.56 Å². The van der Waals surface area contributed by atoms with E-state index in [0.29, 0.717) is 5.82 Å². The van der Waals surface area contributed by atoms with Gasteiger partial charge in [-0.3, -0.25) is 14.5 Å². The van der Waals surface area contributed by atoms with Gasteiger partial charge in [0.25, 0.3) is 0 Å². The topological polar surface area (TPSA) is 62.7 Å². The first kappa shape index (κ1) is 18.8. The van der Waals surface area contributed by atoms with E-state index in [0.717, 1.165) is 23.3 Å². The lowest BCUT2D eigenvalue weighted by Crippen LogP contribution is -2.20. The predicted octanol–water partition coefficient (Wildman–Crippen LogP) is 4.57. The van der Waals surface area contributed by atoms with Crippen LogP contribution in [-0.4, -0.2) is 20.7 Å². The molecule has 9 heteroatoms. The van der Waals surface area contributed by atoms with E-state index in [9.17, 15) is 18.0 Å². The van der Waals surface area contributed by atoms with Gasteiger partial charge in [-0.1, -0.05) is 29.8 Å². The van der Waals surface area contributed by atoms with Crippen molar-refractivity contribution in [1.29, 1.82) is 0 Å². The van der Waals surface area contributed by atoms with Gasteiger partial charge < -0.3 is 5.32 Å². The van der Waals surface area contributed by atoms with Gasteiger partial charge in [0.15, 0.2) is 10.6 Å². The lowest BCUT2D eigenvalue weighted by atomic mass is 10.1. The number of alkyl halides is 3. The summed E-state index contributed by atoms with van der Waals surface area (Å²) in [5.74, 6) is -0.0383. The molecule has 0 fully saturated rings. The summed E-state index contributed by atoms with van der Waals surface area (Å²) in [6.45, 7) is 1.74. The van der Waals surface area contributed by atoms with Crippen LogP contribution in [0.5, 0.6) is 0 Å². The van der Waals surface area contributed by atoms with Gasteiger partial charge in [-0.05, 0) is 43.4 Å². The van der Waals surface area contributed by atoms with Gasteiger partial charge in [0, 0.05) is 11.3 Å². The van der Waals surface area contributed by atoms with E-state index in [1.54, 1.807) is 0 Å². The maximum Gasteiger partial charge on any atom is 0.416 e. The van der Waals surface area contributed by atoms with Crippen LogP contribution in [0.4, 0.5) is 18.9 Å². The molecule has 0 aliphatic carbocycles. The van der Waals surface area contributed by atoms with Gasteiger partial charge in [-0.25, -0.2) is 0 Å². The van der Waals surface area contributed by atoms with Crippen LogP contribution in [0.15, 0.2) is 48.5 Å². The summed E-state index contributed by atoms with van der Waals surface area (Å²) in [6, 6.07) is 12.0. The number of anilines is 1. The van der Waals surface area contributed by atoms with E-state index in [4.69, 9.17) is 12.2 Å². The average Bonchev–Trinajstić information content (AvgIpc) is 2.95. The van der Waals surface area contributed by atoms with Crippen LogP contribution < -0.4 is 5.32 Å². The third kappa shape index (κ3) is 4.43. The molecule has 1 aromatic heterocycles. The summed E-state index contributed by atoms with van der Waals surface area (Å²) in [5.41, 5.74) is 1.01. The molecular weight excluding hydrogens is 377 g/mol. The molecule has 0 aliphatic heterocycles. The van der Waals surface area contributed by atoms with Crippen molar-refractivity contribution in [3.63, 3.8) is 0 Å². The summed E-state index contributed by atoms with van der Waals surface area (Å²) < 4.78 is 40.1. The van der Waals surface area contributed by atoms with Crippen molar-refractivity contribution in [2.24, 2.45) is 0 Å². The first-order valence-electron chi connectivity index (χ1n) is 7.93. The maximum atomic E-state index is 12.8. The Morgan fingerprint density at radius 2 is 1.96 bits per heavy atom. The molecule has 0 spiro atoms. The molecule has 0 bridgehead atoms. The third-order valence-corrected chi connectivity index (χ3v) is 4.12. The molecule has 2 N–H and O–H groups in total. The molecule has 0 atom stereocenters. The number of nitrogens with zero attached hydrogens (tertiary/aromatic N) is 2. The molecule has 2 aromatic carbocycles. The number of rotatable bonds is 4. The number of H-pyrrole nitrogens is 1. The van der Waals surface area contributed by atoms with Crippen molar-refractivity contribution in [3.05, 3.63) is 64.4 Å². The van der Waals surface area contributed by atoms with E-state index in [2.05, 4.69) is 15.5 Å². The standard InChI is InChI=1S/C18H15F3N4OS/c1-11-4-2-5-12(8-11)16-23-24-17(27)25(16)10-15(26)22-14-7-3-6-13(9-14)18(19,20)21/h2-9H,10H2,1H3,(H,22,26)(H,24,27). The van der Waals surface area contributed by atoms with E-state index >= 15 is 0 Å². The second-order valence-electron chi connectivity index (χ2n) is 5.93. The second-order valence-corrected chi connectivity index (χ2v) is 6.32. The zero-order valence-corrected chi connectivity index (χ0v) is 15.0. The maximum absolute atomic E-state index is 12.8. The summed E-state index contributed by atoms with van der Waals surface area (Å²) in [5, 5.41) is 9.25. The first-order chi connectivity index (χ1) is 12.7. The number of aryl methyl sites for hydroxylation is 1. The zero-order chi connectivity index (χ0) is 19.6. The van der Waals surface area contributed by atoms with E-state index in [1.807, 2.05) is 31.2 Å². The van der Waals surface area contributed by atoms with Crippen molar-refractivity contribution in [3.8, 4) is 11.4 Å². The normalized spacial score (nSPS) is 11.4. The van der Waals surface area contributed by atoms with Gasteiger partial charge >= 0.3 is 6.18 Å². The highest BCUT2D eigenvalue weighted by molar-refractivity contribution is 7.71. The van der Waals surface area contributed by atoms with Crippen LogP contribution in [0.25, 0.3) is 11.4 Å². The van der Waals surface area contributed by atoms with Crippen LogP contribution in [0, 0.1) is 11.7 Å². The molecule has 1 heterocycles. The SMILES string of the molecule is Cc1cccc(-c2n[nH]c(=S)n2CC(=O)Nc2cccc(C(F)(F)F)c2)c1. The van der Waals surface area contributed by atoms with Gasteiger partial charge in [-0.2, -0.15) is 18.3 Å². The summed E-state index contributed by atoms with van der Waals surface area (Å²) in [6.07, 6.45) is -4.48. The molecule has 0 saturated heterocycles. The Kier molecular flexibility index (Phi) is 5.13. The number of benzene rings is 2. The van der Waals surface area contributed by atoms with Gasteiger partial charge in [-0.15, -0.1) is 0 Å². The molecule has 140 valence electrons. The molecular formula is C18H15F3N4OS. The molecule has 3 aromatic rings. The molecule has 1 amide bonds. The smallest absolute Gasteiger partial charge is 0.325 e. The highest BCUT2D eigenvalue weighted by atomic mass is 32.1. The molecule has 27 heavy (non-hydrogen) atoms. The van der Waals surface area contributed by atoms with Crippen LogP contribution >= 0.6 is 12.2 Å². The average molecular weight is 392 g/mol. The summed E-state index contributed by atoms with van der Waals surface area (Å²) >= 11 is 5.17. The van der Waals surface area contributed by atoms with Crippen molar-refractivity contribution in [2.45, 2.75) is 19.6 Å². The van der Waals surface area contributed by atoms with Crippen molar-refractivity contribution < 1.29 is 18.0 Å². The van der Waals surface area contributed by atoms with Crippen molar-refractivity contribution in [2.75, 3.05) is 5.32 Å². The van der Waals surface area contributed by atoms with Gasteiger partial charge in [0.2, 0.25) is 5.91 Å². The number of halogens is 3. The number of carbonyl (C=O) groups excluding carboxylic acids is 1. The van der Waals surface area contributed by atoms with E-state index in [-0.39, 0.29) is 17.0 Å². The minimum atomic E-state index is -4.48. The van der Waals surface area contributed by atoms with Crippen molar-refractivity contribution >= 4 is 23.8 Å². The lowest BCUT2D eigenvalue weighted by Gasteiger charge is -2.11. The minimum absolute atomic E-state index is 0.0574. The predicted molar refractivity (Wildman–Crippen MR) is 97.7 cm³/mol. The Morgan fingerprint density at radius 1 is 1.22 bits per heavy atom. The molecule has 0 unspecified atom stereocenters. The van der Waals surface area contributed by atoms with Crippen LogP contribution in [-0.2, 0) is 17.5 Å². The molecule has 0 aliphatic rings. The van der Waals surface area contributed by atoms with E-state index in [1.165, 1.54) is 16.7 Å². The molecule has 3 rings (SSSR count). The molecule has 0 radical (unpaired) electrons. The Morgan fingerprint density at radius 3 is 2.67 bits per heavy atom. The van der Waals surface area contributed by atoms with Crippen LogP contribution in [0.3, 0.4) is 0 Å². The van der Waals surface area contributed by atoms with E-state index < -0.39 is 17.6 Å². The molecule has 5 nitrogen and oxygen atoms in total. The number of nitrogens with one attached hydrogen (secondary N) is 2. The fraction of sp³-hybridized carbons (Fsp3) is 0.167. The Balaban J connectivity index is 1.82. The van der Waals surface area contributed by atoms with Gasteiger partial charge in [0.1, 0.15) is 6.54 Å². The number of carbonyl (C=O) groups is 1. The zero-order valence-electron chi connectivity index (χ0n) is 14.2. The highest BCUT2D eigenvalue weighted by Gasteiger charge is 2.30. The molecule has 0 saturated carbocycles. The Labute approximate surface area is 157 Å². The monoisotopic (exact) mass is 392 g/mol. The lowest BCUT2D eigenvalue weighted by molar-refractivity contribution is -0.137. The third-order valence-electron chi connectivity index (χ3n) is 3.81. The second kappa shape index (κ2) is 7.36. The summed E-state index contributed by atoms with van der Waals surface area (Å²) in [7, 11) is 0. The highest BCUT2D eigenvalue weighted by Crippen LogP contribution is 2.30. The number of aromatic nitrogens is 3. The largest absolute Gasteiger partial charge is 0.416 e. The number of aromatic amines is 1. The van der Waals surface area contributed by atoms with Crippen molar-refractivity contribution in [1.82, 2.24) is 14.8 Å². The first-order valence-corrected chi connectivity index (χ1v) is 8.34. The quantitative estimate of drug-likeness (QED) is 0.639. The number of hydrogen-bond donors (Lipinski definition) is 2.